The Hall–Kier alpha value is -3.09. The minimum Gasteiger partial charge on any atom is -0.394 e. The first kappa shape index (κ1) is 71.0. The van der Waals surface area contributed by atoms with Crippen molar-refractivity contribution in [1.82, 2.24) is 5.32 Å². The number of allylic oxidation sites excluding steroid dienone is 15. The largest absolute Gasteiger partial charge is 0.394 e. The SMILES string of the molecule is CC/C=C\C/C=C\C/C=C\C/C=C\C/C=C\C/C=C\CCCCCCCCCCCCCCCCCCC(=O)NC(COC1OC(CO)C(OC2OC(CO)C(O)C(O)C2O)C(O)C1O)C(O)/C=C/CC/C=C/CCCCC. The molecule has 12 atom stereocenters. The van der Waals surface area contributed by atoms with Crippen LogP contribution in [0, 0.1) is 0 Å². The molecule has 448 valence electrons. The summed E-state index contributed by atoms with van der Waals surface area (Å²) in [5.41, 5.74) is 0. The molecule has 0 saturated carbocycles. The van der Waals surface area contributed by atoms with E-state index in [1.54, 1.807) is 6.08 Å². The van der Waals surface area contributed by atoms with E-state index in [1.165, 1.54) is 96.3 Å². The van der Waals surface area contributed by atoms with Crippen molar-refractivity contribution in [2.75, 3.05) is 19.8 Å². The Morgan fingerprint density at radius 1 is 0.474 bits per heavy atom. The molecule has 0 aromatic rings. The van der Waals surface area contributed by atoms with Gasteiger partial charge in [-0.15, -0.1) is 0 Å². The molecule has 2 fully saturated rings. The van der Waals surface area contributed by atoms with Crippen LogP contribution in [0.25, 0.3) is 0 Å². The van der Waals surface area contributed by atoms with Crippen LogP contribution in [0.5, 0.6) is 0 Å². The zero-order chi connectivity index (χ0) is 56.7. The predicted octanol–water partition coefficient (Wildman–Crippen LogP) is 10.7. The minimum absolute atomic E-state index is 0.255. The van der Waals surface area contributed by atoms with Crippen LogP contribution in [0.2, 0.25) is 0 Å². The minimum atomic E-state index is -1.79. The lowest BCUT2D eigenvalue weighted by molar-refractivity contribution is -0.359. The average molecular weight is 1100 g/mol. The zero-order valence-electron chi connectivity index (χ0n) is 48.1. The lowest BCUT2D eigenvalue weighted by atomic mass is 9.97. The molecular formula is C64H109NO13. The van der Waals surface area contributed by atoms with Gasteiger partial charge in [-0.25, -0.2) is 0 Å². The van der Waals surface area contributed by atoms with Crippen molar-refractivity contribution in [3.8, 4) is 0 Å². The van der Waals surface area contributed by atoms with E-state index in [-0.39, 0.29) is 18.9 Å². The molecule has 78 heavy (non-hydrogen) atoms. The Labute approximate surface area is 471 Å². The third-order valence-corrected chi connectivity index (χ3v) is 14.3. The molecule has 0 aromatic carbocycles. The molecule has 2 aliphatic heterocycles. The number of ether oxygens (including phenoxy) is 4. The van der Waals surface area contributed by atoms with Crippen molar-refractivity contribution in [3.05, 3.63) is 97.2 Å². The van der Waals surface area contributed by atoms with Gasteiger partial charge < -0.3 is 65.1 Å². The first-order valence-electron chi connectivity index (χ1n) is 30.5. The van der Waals surface area contributed by atoms with Gasteiger partial charge in [-0.05, 0) is 83.5 Å². The van der Waals surface area contributed by atoms with Gasteiger partial charge >= 0.3 is 0 Å². The molecule has 2 heterocycles. The highest BCUT2D eigenvalue weighted by Crippen LogP contribution is 2.30. The molecule has 0 spiro atoms. The number of rotatable bonds is 47. The van der Waals surface area contributed by atoms with E-state index in [2.05, 4.69) is 104 Å². The number of carbonyl (C=O) groups excluding carboxylic acids is 1. The second kappa shape index (κ2) is 48.6. The van der Waals surface area contributed by atoms with Gasteiger partial charge in [0.25, 0.3) is 0 Å². The molecule has 0 radical (unpaired) electrons. The number of aliphatic hydroxyl groups excluding tert-OH is 8. The van der Waals surface area contributed by atoms with Crippen LogP contribution in [0.3, 0.4) is 0 Å². The summed E-state index contributed by atoms with van der Waals surface area (Å²) in [5.74, 6) is -0.255. The molecule has 0 bridgehead atoms. The molecule has 12 unspecified atom stereocenters. The third kappa shape index (κ3) is 33.6. The van der Waals surface area contributed by atoms with Gasteiger partial charge in [0.15, 0.2) is 12.6 Å². The number of unbranched alkanes of at least 4 members (excludes halogenated alkanes) is 20. The highest BCUT2D eigenvalue weighted by atomic mass is 16.7. The summed E-state index contributed by atoms with van der Waals surface area (Å²) in [6.45, 7) is 2.59. The third-order valence-electron chi connectivity index (χ3n) is 14.3. The summed E-state index contributed by atoms with van der Waals surface area (Å²) in [6.07, 6.45) is 50.6. The number of hydrogen-bond donors (Lipinski definition) is 9. The van der Waals surface area contributed by atoms with Crippen molar-refractivity contribution in [2.45, 2.75) is 280 Å². The number of hydrogen-bond acceptors (Lipinski definition) is 13. The molecule has 9 N–H and O–H groups in total. The quantitative estimate of drug-likeness (QED) is 0.0204. The summed E-state index contributed by atoms with van der Waals surface area (Å²) in [5, 5.41) is 86.8. The molecule has 2 rings (SSSR count). The molecule has 1 amide bonds. The van der Waals surface area contributed by atoms with Gasteiger partial charge in [0.2, 0.25) is 5.91 Å². The standard InChI is InChI=1S/C64H109NO13/c1-3-5-7-9-11-13-14-15-16-17-18-19-20-21-22-23-24-25-26-27-28-29-30-31-32-33-34-35-36-37-38-40-42-44-46-48-56(69)65-52(53(68)47-45-43-41-39-12-10-8-6-4-2)51-75-63-61(74)59(72)62(55(50-67)77-63)78-64-60(73)58(71)57(70)54(49-66)76-64/h5,7,11-13,15-16,18-19,21-22,24-25,39,45,47,52-55,57-64,66-68,70-74H,3-4,6,8-10,14,17,20,23,26-38,40-44,46,48-51H2,1-2H3,(H,65,69)/b7-5-,13-11-,16-15-,19-18-,22-21-,25-24-,39-12+,47-45+. The Morgan fingerprint density at radius 3 is 1.41 bits per heavy atom. The summed E-state index contributed by atoms with van der Waals surface area (Å²) in [7, 11) is 0. The number of amides is 1. The van der Waals surface area contributed by atoms with Crippen LogP contribution in [-0.2, 0) is 23.7 Å². The molecule has 14 nitrogen and oxygen atoms in total. The van der Waals surface area contributed by atoms with Crippen molar-refractivity contribution in [3.63, 3.8) is 0 Å². The second-order valence-corrected chi connectivity index (χ2v) is 21.1. The normalized spacial score (nSPS) is 25.3. The Bertz CT molecular complexity index is 1680. The average Bonchev–Trinajstić information content (AvgIpc) is 3.44. The maximum absolute atomic E-state index is 13.2. The fraction of sp³-hybridized carbons (Fsp3) is 0.734. The monoisotopic (exact) mass is 1100 g/mol. The lowest BCUT2D eigenvalue weighted by Gasteiger charge is -2.46. The van der Waals surface area contributed by atoms with Gasteiger partial charge in [0.1, 0.15) is 48.8 Å². The number of carbonyl (C=O) groups is 1. The topological polar surface area (TPSA) is 228 Å². The van der Waals surface area contributed by atoms with Crippen LogP contribution < -0.4 is 5.32 Å². The predicted molar refractivity (Wildman–Crippen MR) is 313 cm³/mol. The first-order valence-corrected chi connectivity index (χ1v) is 30.5. The van der Waals surface area contributed by atoms with Gasteiger partial charge in [0, 0.05) is 6.42 Å². The molecule has 14 heteroatoms. The lowest BCUT2D eigenvalue weighted by Crippen LogP contribution is -2.65. The van der Waals surface area contributed by atoms with Gasteiger partial charge in [-0.2, -0.15) is 0 Å². The van der Waals surface area contributed by atoms with Crippen LogP contribution in [-0.4, -0.2) is 140 Å². The summed E-state index contributed by atoms with van der Waals surface area (Å²) in [6, 6.07) is -0.933. The van der Waals surface area contributed by atoms with E-state index in [0.717, 1.165) is 77.0 Å². The van der Waals surface area contributed by atoms with Crippen molar-refractivity contribution in [2.24, 2.45) is 0 Å². The van der Waals surface area contributed by atoms with E-state index in [9.17, 15) is 45.6 Å². The summed E-state index contributed by atoms with van der Waals surface area (Å²) in [4.78, 5) is 13.2. The Morgan fingerprint density at radius 2 is 0.897 bits per heavy atom. The van der Waals surface area contributed by atoms with Crippen molar-refractivity contribution < 1.29 is 64.6 Å². The second-order valence-electron chi connectivity index (χ2n) is 21.1. The number of aliphatic hydroxyl groups is 8. The summed E-state index contributed by atoms with van der Waals surface area (Å²) < 4.78 is 22.7. The Balaban J connectivity index is 1.60. The van der Waals surface area contributed by atoms with E-state index in [4.69, 9.17) is 18.9 Å². The summed E-state index contributed by atoms with van der Waals surface area (Å²) >= 11 is 0. The van der Waals surface area contributed by atoms with Crippen LogP contribution in [0.1, 0.15) is 206 Å². The van der Waals surface area contributed by atoms with Crippen LogP contribution in [0.15, 0.2) is 97.2 Å². The zero-order valence-corrected chi connectivity index (χ0v) is 48.1. The van der Waals surface area contributed by atoms with Gasteiger partial charge in [-0.1, -0.05) is 214 Å². The highest BCUT2D eigenvalue weighted by molar-refractivity contribution is 5.76. The van der Waals surface area contributed by atoms with Crippen LogP contribution >= 0.6 is 0 Å². The molecule has 2 aliphatic rings. The molecular weight excluding hydrogens is 991 g/mol. The highest BCUT2D eigenvalue weighted by Gasteiger charge is 2.51. The van der Waals surface area contributed by atoms with E-state index < -0.39 is 86.8 Å². The van der Waals surface area contributed by atoms with Gasteiger partial charge in [0.05, 0.1) is 32.0 Å². The maximum atomic E-state index is 13.2. The molecule has 2 saturated heterocycles. The van der Waals surface area contributed by atoms with E-state index >= 15 is 0 Å². The van der Waals surface area contributed by atoms with Crippen molar-refractivity contribution >= 4 is 5.91 Å². The molecule has 0 aliphatic carbocycles. The van der Waals surface area contributed by atoms with Crippen molar-refractivity contribution in [1.29, 1.82) is 0 Å². The maximum Gasteiger partial charge on any atom is 0.220 e. The van der Waals surface area contributed by atoms with Crippen LogP contribution in [0.4, 0.5) is 0 Å². The fourth-order valence-electron chi connectivity index (χ4n) is 9.37. The number of nitrogens with one attached hydrogen (secondary N) is 1. The fourth-order valence-corrected chi connectivity index (χ4v) is 9.37. The van der Waals surface area contributed by atoms with Gasteiger partial charge in [-0.3, -0.25) is 4.79 Å². The Kier molecular flexibility index (Phi) is 44.3. The smallest absolute Gasteiger partial charge is 0.220 e. The van der Waals surface area contributed by atoms with E-state index in [0.29, 0.717) is 12.8 Å². The first-order chi connectivity index (χ1) is 38.1. The molecule has 0 aromatic heterocycles. The van der Waals surface area contributed by atoms with E-state index in [1.807, 2.05) is 6.08 Å².